The van der Waals surface area contributed by atoms with Crippen LogP contribution < -0.4 is 4.74 Å². The molecule has 0 aliphatic heterocycles. The molecule has 1 aliphatic rings. The Morgan fingerprint density at radius 2 is 1.94 bits per heavy atom. The molecule has 16 heavy (non-hydrogen) atoms. The van der Waals surface area contributed by atoms with Gasteiger partial charge in [-0.1, -0.05) is 45.2 Å². The SMILES string of the molecule is COC1C(Br)CC1Oc1c(Cl)cccc1Cl. The van der Waals surface area contributed by atoms with Gasteiger partial charge in [-0.3, -0.25) is 0 Å². The summed E-state index contributed by atoms with van der Waals surface area (Å²) >= 11 is 15.5. The lowest BCUT2D eigenvalue weighted by atomic mass is 9.91. The minimum atomic E-state index is 0.00627. The summed E-state index contributed by atoms with van der Waals surface area (Å²) in [6.45, 7) is 0. The number of benzene rings is 1. The summed E-state index contributed by atoms with van der Waals surface area (Å²) in [4.78, 5) is 0.337. The smallest absolute Gasteiger partial charge is 0.157 e. The lowest BCUT2D eigenvalue weighted by molar-refractivity contribution is -0.0544. The van der Waals surface area contributed by atoms with Crippen LogP contribution in [-0.4, -0.2) is 24.1 Å². The largest absolute Gasteiger partial charge is 0.484 e. The molecule has 1 fully saturated rings. The van der Waals surface area contributed by atoms with E-state index in [9.17, 15) is 0 Å². The number of ether oxygens (including phenoxy) is 2. The van der Waals surface area contributed by atoms with Gasteiger partial charge in [0.2, 0.25) is 0 Å². The zero-order chi connectivity index (χ0) is 11.7. The highest BCUT2D eigenvalue weighted by molar-refractivity contribution is 9.09. The van der Waals surface area contributed by atoms with Crippen LogP contribution >= 0.6 is 39.1 Å². The highest BCUT2D eigenvalue weighted by Crippen LogP contribution is 2.39. The molecule has 3 unspecified atom stereocenters. The maximum Gasteiger partial charge on any atom is 0.157 e. The molecule has 1 aromatic rings. The van der Waals surface area contributed by atoms with Crippen LogP contribution in [0.3, 0.4) is 0 Å². The van der Waals surface area contributed by atoms with Crippen molar-refractivity contribution in [3.63, 3.8) is 0 Å². The van der Waals surface area contributed by atoms with Crippen LogP contribution in [0.1, 0.15) is 6.42 Å². The Kier molecular flexibility index (Phi) is 4.01. The molecular weight excluding hydrogens is 315 g/mol. The molecule has 0 N–H and O–H groups in total. The van der Waals surface area contributed by atoms with Crippen molar-refractivity contribution >= 4 is 39.1 Å². The van der Waals surface area contributed by atoms with Crippen LogP contribution in [0.5, 0.6) is 5.75 Å². The molecule has 2 rings (SSSR count). The minimum absolute atomic E-state index is 0.00627. The van der Waals surface area contributed by atoms with Gasteiger partial charge in [0.1, 0.15) is 12.2 Å². The zero-order valence-electron chi connectivity index (χ0n) is 8.62. The number of hydrogen-bond donors (Lipinski definition) is 0. The van der Waals surface area contributed by atoms with Crippen LogP contribution in [0, 0.1) is 0 Å². The van der Waals surface area contributed by atoms with E-state index < -0.39 is 0 Å². The lowest BCUT2D eigenvalue weighted by Gasteiger charge is -2.40. The van der Waals surface area contributed by atoms with E-state index in [1.54, 1.807) is 25.3 Å². The molecule has 2 nitrogen and oxygen atoms in total. The third-order valence-electron chi connectivity index (χ3n) is 2.64. The van der Waals surface area contributed by atoms with Crippen LogP contribution in [0.15, 0.2) is 18.2 Å². The Bertz CT molecular complexity index is 366. The first kappa shape index (κ1) is 12.5. The predicted octanol–water partition coefficient (Wildman–Crippen LogP) is 3.92. The first-order valence-corrected chi connectivity index (χ1v) is 6.58. The molecule has 0 saturated heterocycles. The summed E-state index contributed by atoms with van der Waals surface area (Å²) in [6, 6.07) is 5.31. The van der Waals surface area contributed by atoms with E-state index in [4.69, 9.17) is 32.7 Å². The molecule has 0 radical (unpaired) electrons. The molecule has 0 amide bonds. The lowest BCUT2D eigenvalue weighted by Crippen LogP contribution is -2.51. The normalized spacial score (nSPS) is 28.6. The minimum Gasteiger partial charge on any atom is -0.484 e. The van der Waals surface area contributed by atoms with Crippen molar-refractivity contribution in [1.82, 2.24) is 0 Å². The Morgan fingerprint density at radius 3 is 2.44 bits per heavy atom. The van der Waals surface area contributed by atoms with Crippen molar-refractivity contribution in [3.05, 3.63) is 28.2 Å². The van der Waals surface area contributed by atoms with Crippen LogP contribution in [0.25, 0.3) is 0 Å². The van der Waals surface area contributed by atoms with E-state index in [0.29, 0.717) is 20.6 Å². The van der Waals surface area contributed by atoms with Gasteiger partial charge < -0.3 is 9.47 Å². The fourth-order valence-corrected chi connectivity index (χ4v) is 3.10. The second-order valence-corrected chi connectivity index (χ2v) is 5.65. The van der Waals surface area contributed by atoms with Crippen LogP contribution in [0.4, 0.5) is 0 Å². The van der Waals surface area contributed by atoms with Crippen molar-refractivity contribution in [1.29, 1.82) is 0 Å². The number of para-hydroxylation sites is 1. The van der Waals surface area contributed by atoms with Crippen molar-refractivity contribution in [2.45, 2.75) is 23.5 Å². The van der Waals surface area contributed by atoms with Gasteiger partial charge in [0.15, 0.2) is 5.75 Å². The summed E-state index contributed by atoms with van der Waals surface area (Å²) in [6.07, 6.45) is 0.944. The number of methoxy groups -OCH3 is 1. The molecule has 5 heteroatoms. The van der Waals surface area contributed by atoms with E-state index in [2.05, 4.69) is 15.9 Å². The van der Waals surface area contributed by atoms with Gasteiger partial charge in [0.05, 0.1) is 10.0 Å². The van der Waals surface area contributed by atoms with Crippen molar-refractivity contribution in [2.75, 3.05) is 7.11 Å². The van der Waals surface area contributed by atoms with Gasteiger partial charge in [-0.05, 0) is 12.1 Å². The van der Waals surface area contributed by atoms with Gasteiger partial charge in [-0.15, -0.1) is 0 Å². The topological polar surface area (TPSA) is 18.5 Å². The highest BCUT2D eigenvalue weighted by Gasteiger charge is 2.42. The van der Waals surface area contributed by atoms with Crippen molar-refractivity contribution < 1.29 is 9.47 Å². The molecular formula is C11H11BrCl2O2. The second kappa shape index (κ2) is 5.13. The third kappa shape index (κ3) is 2.33. The average Bonchev–Trinajstić information content (AvgIpc) is 2.22. The molecule has 0 spiro atoms. The molecule has 0 heterocycles. The Labute approximate surface area is 113 Å². The maximum absolute atomic E-state index is 6.02. The number of rotatable bonds is 3. The molecule has 0 bridgehead atoms. The Hall–Kier alpha value is 0.0400. The first-order valence-electron chi connectivity index (χ1n) is 4.91. The second-order valence-electron chi connectivity index (χ2n) is 3.66. The summed E-state index contributed by atoms with van der Waals surface area (Å²) in [7, 11) is 1.67. The molecule has 1 saturated carbocycles. The summed E-state index contributed by atoms with van der Waals surface area (Å²) in [5.41, 5.74) is 0. The van der Waals surface area contributed by atoms with E-state index in [0.717, 1.165) is 6.42 Å². The number of hydrogen-bond acceptors (Lipinski definition) is 2. The monoisotopic (exact) mass is 324 g/mol. The molecule has 3 atom stereocenters. The van der Waals surface area contributed by atoms with E-state index in [1.165, 1.54) is 0 Å². The third-order valence-corrected chi connectivity index (χ3v) is 4.13. The number of alkyl halides is 1. The standard InChI is InChI=1S/C11H11BrCl2O2/c1-15-10-6(12)5-9(10)16-11-7(13)3-2-4-8(11)14/h2-4,6,9-10H,5H2,1H3. The van der Waals surface area contributed by atoms with Gasteiger partial charge >= 0.3 is 0 Å². The molecule has 1 aromatic carbocycles. The fourth-order valence-electron chi connectivity index (χ4n) is 1.69. The average molecular weight is 326 g/mol. The van der Waals surface area contributed by atoms with E-state index in [-0.39, 0.29) is 12.2 Å². The van der Waals surface area contributed by atoms with E-state index in [1.807, 2.05) is 0 Å². The zero-order valence-corrected chi connectivity index (χ0v) is 11.7. The van der Waals surface area contributed by atoms with Gasteiger partial charge in [-0.2, -0.15) is 0 Å². The molecule has 1 aliphatic carbocycles. The van der Waals surface area contributed by atoms with Gasteiger partial charge in [-0.25, -0.2) is 0 Å². The van der Waals surface area contributed by atoms with Crippen LogP contribution in [0.2, 0.25) is 10.0 Å². The summed E-state index contributed by atoms with van der Waals surface area (Å²) < 4.78 is 11.1. The number of halogens is 3. The van der Waals surface area contributed by atoms with Gasteiger partial charge in [0.25, 0.3) is 0 Å². The highest BCUT2D eigenvalue weighted by atomic mass is 79.9. The fraction of sp³-hybridized carbons (Fsp3) is 0.455. The van der Waals surface area contributed by atoms with Crippen molar-refractivity contribution in [3.8, 4) is 5.75 Å². The summed E-state index contributed by atoms with van der Waals surface area (Å²) in [5, 5.41) is 1.06. The van der Waals surface area contributed by atoms with Crippen LogP contribution in [-0.2, 0) is 4.74 Å². The van der Waals surface area contributed by atoms with Crippen molar-refractivity contribution in [2.24, 2.45) is 0 Å². The quantitative estimate of drug-likeness (QED) is 0.784. The maximum atomic E-state index is 6.02. The summed E-state index contributed by atoms with van der Waals surface area (Å²) in [5.74, 6) is 0.539. The Balaban J connectivity index is 2.10. The first-order chi connectivity index (χ1) is 7.63. The van der Waals surface area contributed by atoms with Gasteiger partial charge in [0, 0.05) is 18.4 Å². The predicted molar refractivity (Wildman–Crippen MR) is 69.0 cm³/mol. The Morgan fingerprint density at radius 1 is 1.31 bits per heavy atom. The van der Waals surface area contributed by atoms with E-state index >= 15 is 0 Å². The molecule has 88 valence electrons. The molecule has 0 aromatic heterocycles.